The van der Waals surface area contributed by atoms with Gasteiger partial charge in [0.2, 0.25) is 0 Å². The third-order valence-electron chi connectivity index (χ3n) is 3.65. The number of amides is 1. The molecule has 8 heteroatoms. The second-order valence-corrected chi connectivity index (χ2v) is 5.66. The Labute approximate surface area is 140 Å². The first-order chi connectivity index (χ1) is 11.6. The molecule has 2 N–H and O–H groups in total. The lowest BCUT2D eigenvalue weighted by molar-refractivity contribution is 0.0950. The Hall–Kier alpha value is -2.93. The van der Waals surface area contributed by atoms with Crippen molar-refractivity contribution in [3.8, 4) is 0 Å². The first-order valence-electron chi connectivity index (χ1n) is 7.15. The molecule has 0 unspecified atom stereocenters. The molecule has 0 saturated heterocycles. The number of hydrogen-bond acceptors (Lipinski definition) is 3. The summed E-state index contributed by atoms with van der Waals surface area (Å²) in [6.45, 7) is 0.187. The van der Waals surface area contributed by atoms with E-state index in [0.717, 1.165) is 0 Å². The number of hydrogen-bond donors (Lipinski definition) is 2. The van der Waals surface area contributed by atoms with Gasteiger partial charge >= 0.3 is 0 Å². The molecule has 0 spiro atoms. The van der Waals surface area contributed by atoms with Gasteiger partial charge in [-0.05, 0) is 18.2 Å². The Morgan fingerprint density at radius 3 is 3.08 bits per heavy atom. The van der Waals surface area contributed by atoms with E-state index < -0.39 is 5.82 Å². The van der Waals surface area contributed by atoms with Gasteiger partial charge in [0.1, 0.15) is 17.3 Å². The van der Waals surface area contributed by atoms with Gasteiger partial charge in [-0.25, -0.2) is 14.4 Å². The lowest BCUT2D eigenvalue weighted by atomic mass is 10.2. The van der Waals surface area contributed by atoms with Crippen molar-refractivity contribution in [2.24, 2.45) is 0 Å². The maximum absolute atomic E-state index is 13.4. The number of carbonyl (C=O) groups is 1. The van der Waals surface area contributed by atoms with Crippen molar-refractivity contribution in [1.29, 1.82) is 0 Å². The first-order valence-corrected chi connectivity index (χ1v) is 7.52. The monoisotopic (exact) mass is 343 g/mol. The summed E-state index contributed by atoms with van der Waals surface area (Å²) in [5.41, 5.74) is 2.26. The molecule has 0 atom stereocenters. The molecule has 0 bridgehead atoms. The summed E-state index contributed by atoms with van der Waals surface area (Å²) in [4.78, 5) is 23.6. The Balaban J connectivity index is 1.52. The van der Waals surface area contributed by atoms with Gasteiger partial charge in [0.15, 0.2) is 0 Å². The average Bonchev–Trinajstić information content (AvgIpc) is 3.18. The van der Waals surface area contributed by atoms with Crippen molar-refractivity contribution in [3.05, 3.63) is 65.1 Å². The van der Waals surface area contributed by atoms with Gasteiger partial charge in [-0.1, -0.05) is 11.6 Å². The van der Waals surface area contributed by atoms with Gasteiger partial charge in [-0.3, -0.25) is 4.79 Å². The molecule has 0 radical (unpaired) electrons. The van der Waals surface area contributed by atoms with E-state index in [1.807, 2.05) is 4.40 Å². The number of H-pyrrole nitrogens is 1. The molecule has 4 aromatic rings. The Morgan fingerprint density at radius 2 is 2.21 bits per heavy atom. The highest BCUT2D eigenvalue weighted by atomic mass is 35.5. The number of carbonyl (C=O) groups excluding carboxylic acids is 1. The van der Waals surface area contributed by atoms with E-state index in [1.165, 1.54) is 12.1 Å². The molecule has 3 heterocycles. The number of fused-ring (bicyclic) bond motifs is 2. The fourth-order valence-corrected chi connectivity index (χ4v) is 2.62. The SMILES string of the molecule is O=C(NCc1nc2cc(Cl)c(F)cc2[nH]1)c1ccn2ccnc2c1. The molecule has 1 aromatic carbocycles. The third kappa shape index (κ3) is 2.59. The molecule has 120 valence electrons. The molecule has 0 aliphatic rings. The number of nitrogens with zero attached hydrogens (tertiary/aromatic N) is 3. The summed E-state index contributed by atoms with van der Waals surface area (Å²) in [7, 11) is 0. The number of nitrogens with one attached hydrogen (secondary N) is 2. The zero-order valence-corrected chi connectivity index (χ0v) is 13.0. The third-order valence-corrected chi connectivity index (χ3v) is 3.94. The molecule has 3 aromatic heterocycles. The second kappa shape index (κ2) is 5.61. The van der Waals surface area contributed by atoms with Gasteiger partial charge in [-0.2, -0.15) is 0 Å². The van der Waals surface area contributed by atoms with Crippen LogP contribution in [-0.4, -0.2) is 25.3 Å². The molecule has 24 heavy (non-hydrogen) atoms. The van der Waals surface area contributed by atoms with E-state index in [2.05, 4.69) is 20.3 Å². The fraction of sp³-hybridized carbons (Fsp3) is 0.0625. The summed E-state index contributed by atoms with van der Waals surface area (Å²) >= 11 is 5.74. The number of pyridine rings is 1. The van der Waals surface area contributed by atoms with Crippen LogP contribution in [0.4, 0.5) is 4.39 Å². The molecule has 0 aliphatic heterocycles. The Bertz CT molecular complexity index is 1030. The molecule has 6 nitrogen and oxygen atoms in total. The van der Waals surface area contributed by atoms with Gasteiger partial charge in [0, 0.05) is 30.2 Å². The molecular weight excluding hydrogens is 333 g/mol. The van der Waals surface area contributed by atoms with E-state index >= 15 is 0 Å². The zero-order valence-electron chi connectivity index (χ0n) is 12.3. The summed E-state index contributed by atoms with van der Waals surface area (Å²) in [6.07, 6.45) is 5.23. The van der Waals surface area contributed by atoms with Crippen LogP contribution < -0.4 is 5.32 Å². The van der Waals surface area contributed by atoms with Crippen LogP contribution in [0.5, 0.6) is 0 Å². The number of benzene rings is 1. The van der Waals surface area contributed by atoms with E-state index in [1.54, 1.807) is 30.7 Å². The van der Waals surface area contributed by atoms with Gasteiger partial charge in [-0.15, -0.1) is 0 Å². The summed E-state index contributed by atoms with van der Waals surface area (Å²) in [5, 5.41) is 2.78. The maximum atomic E-state index is 13.4. The standard InChI is InChI=1S/C16H11ClFN5O/c17-10-6-12-13(7-11(10)18)22-14(21-12)8-20-16(24)9-1-3-23-4-2-19-15(23)5-9/h1-7H,8H2,(H,20,24)(H,21,22). The van der Waals surface area contributed by atoms with Crippen molar-refractivity contribution >= 4 is 34.2 Å². The van der Waals surface area contributed by atoms with Gasteiger partial charge < -0.3 is 14.7 Å². The fourth-order valence-electron chi connectivity index (χ4n) is 2.46. The van der Waals surface area contributed by atoms with Crippen LogP contribution in [0.3, 0.4) is 0 Å². The summed E-state index contributed by atoms with van der Waals surface area (Å²) in [6, 6.07) is 6.13. The Kier molecular flexibility index (Phi) is 3.42. The van der Waals surface area contributed by atoms with Crippen LogP contribution in [0.2, 0.25) is 5.02 Å². The summed E-state index contributed by atoms with van der Waals surface area (Å²) in [5.74, 6) is -0.247. The zero-order chi connectivity index (χ0) is 16.7. The largest absolute Gasteiger partial charge is 0.345 e. The molecule has 0 fully saturated rings. The maximum Gasteiger partial charge on any atom is 0.251 e. The van der Waals surface area contributed by atoms with E-state index in [-0.39, 0.29) is 17.5 Å². The van der Waals surface area contributed by atoms with Crippen LogP contribution in [0.25, 0.3) is 16.7 Å². The average molecular weight is 344 g/mol. The predicted octanol–water partition coefficient (Wildman–Crippen LogP) is 2.93. The van der Waals surface area contributed by atoms with Crippen molar-refractivity contribution in [3.63, 3.8) is 0 Å². The van der Waals surface area contributed by atoms with Crippen molar-refractivity contribution in [1.82, 2.24) is 24.7 Å². The van der Waals surface area contributed by atoms with Crippen LogP contribution in [0.15, 0.2) is 42.9 Å². The Morgan fingerprint density at radius 1 is 1.33 bits per heavy atom. The molecule has 0 aliphatic carbocycles. The van der Waals surface area contributed by atoms with Crippen LogP contribution >= 0.6 is 11.6 Å². The molecule has 1 amide bonds. The number of halogens is 2. The van der Waals surface area contributed by atoms with Crippen LogP contribution in [0.1, 0.15) is 16.2 Å². The smallest absolute Gasteiger partial charge is 0.251 e. The predicted molar refractivity (Wildman–Crippen MR) is 87.4 cm³/mol. The quantitative estimate of drug-likeness (QED) is 0.600. The lowest BCUT2D eigenvalue weighted by Gasteiger charge is -2.03. The minimum atomic E-state index is -0.517. The number of imidazole rings is 2. The minimum Gasteiger partial charge on any atom is -0.345 e. The van der Waals surface area contributed by atoms with E-state index in [4.69, 9.17) is 11.6 Å². The van der Waals surface area contributed by atoms with Crippen molar-refractivity contribution in [2.45, 2.75) is 6.54 Å². The van der Waals surface area contributed by atoms with E-state index in [0.29, 0.717) is 28.1 Å². The van der Waals surface area contributed by atoms with E-state index in [9.17, 15) is 9.18 Å². The highest BCUT2D eigenvalue weighted by Gasteiger charge is 2.10. The highest BCUT2D eigenvalue weighted by molar-refractivity contribution is 6.31. The topological polar surface area (TPSA) is 75.1 Å². The van der Waals surface area contributed by atoms with Gasteiger partial charge in [0.05, 0.1) is 22.6 Å². The van der Waals surface area contributed by atoms with Crippen LogP contribution in [0, 0.1) is 5.82 Å². The highest BCUT2D eigenvalue weighted by Crippen LogP contribution is 2.21. The van der Waals surface area contributed by atoms with Crippen molar-refractivity contribution < 1.29 is 9.18 Å². The lowest BCUT2D eigenvalue weighted by Crippen LogP contribution is -2.23. The normalized spacial score (nSPS) is 11.2. The minimum absolute atomic E-state index is 0.0117. The summed E-state index contributed by atoms with van der Waals surface area (Å²) < 4.78 is 15.3. The van der Waals surface area contributed by atoms with Crippen LogP contribution in [-0.2, 0) is 6.54 Å². The first kappa shape index (κ1) is 14.6. The second-order valence-electron chi connectivity index (χ2n) is 5.26. The molecular formula is C16H11ClFN5O. The van der Waals surface area contributed by atoms with Gasteiger partial charge in [0.25, 0.3) is 5.91 Å². The molecule has 0 saturated carbocycles. The molecule has 4 rings (SSSR count). The number of aromatic nitrogens is 4. The number of rotatable bonds is 3. The van der Waals surface area contributed by atoms with Crippen molar-refractivity contribution in [2.75, 3.05) is 0 Å². The number of aromatic amines is 1.